The van der Waals surface area contributed by atoms with Crippen LogP contribution in [0.15, 0.2) is 41.8 Å². The second-order valence-corrected chi connectivity index (χ2v) is 11.7. The molecule has 3 aromatic heterocycles. The number of aryl methyl sites for hydroxylation is 2. The van der Waals surface area contributed by atoms with Crippen molar-refractivity contribution < 1.29 is 19.7 Å². The van der Waals surface area contributed by atoms with Crippen molar-refractivity contribution in [3.8, 4) is 17.7 Å². The minimum absolute atomic E-state index is 0.0369. The van der Waals surface area contributed by atoms with Crippen LogP contribution in [0.25, 0.3) is 21.1 Å². The number of pyridine rings is 1. The van der Waals surface area contributed by atoms with Gasteiger partial charge in [0.1, 0.15) is 34.7 Å². The normalized spacial score (nSPS) is 16.1. The third-order valence-corrected chi connectivity index (χ3v) is 9.00. The van der Waals surface area contributed by atoms with Crippen LogP contribution in [0.5, 0.6) is 11.6 Å². The van der Waals surface area contributed by atoms with Gasteiger partial charge in [-0.3, -0.25) is 9.69 Å². The number of nitriles is 1. The summed E-state index contributed by atoms with van der Waals surface area (Å²) in [7, 11) is 1.74. The molecule has 0 saturated carbocycles. The summed E-state index contributed by atoms with van der Waals surface area (Å²) in [5, 5.41) is 41.5. The first-order valence-corrected chi connectivity index (χ1v) is 14.7. The van der Waals surface area contributed by atoms with Gasteiger partial charge in [-0.1, -0.05) is 18.2 Å². The first-order valence-electron chi connectivity index (χ1n) is 13.8. The Morgan fingerprint density at radius 1 is 1.29 bits per heavy atom. The number of benzene rings is 2. The Labute approximate surface area is 246 Å². The molecule has 214 valence electrons. The predicted octanol–water partition coefficient (Wildman–Crippen LogP) is 5.24. The summed E-state index contributed by atoms with van der Waals surface area (Å²) in [5.74, 6) is -0.790. The highest BCUT2D eigenvalue weighted by molar-refractivity contribution is 7.17. The van der Waals surface area contributed by atoms with Gasteiger partial charge in [-0.25, -0.2) is 9.67 Å². The van der Waals surface area contributed by atoms with Gasteiger partial charge in [0.15, 0.2) is 0 Å². The van der Waals surface area contributed by atoms with Crippen LogP contribution in [0.4, 0.5) is 0 Å². The number of carboxylic acids is 1. The van der Waals surface area contributed by atoms with Gasteiger partial charge < -0.3 is 14.9 Å². The van der Waals surface area contributed by atoms with Crippen LogP contribution < -0.4 is 4.74 Å². The molecule has 11 heteroatoms. The molecule has 6 rings (SSSR count). The maximum atomic E-state index is 12.2. The van der Waals surface area contributed by atoms with E-state index in [0.717, 1.165) is 38.8 Å². The Hall–Kier alpha value is -4.53. The Morgan fingerprint density at radius 3 is 2.88 bits per heavy atom. The van der Waals surface area contributed by atoms with E-state index in [0.29, 0.717) is 47.7 Å². The van der Waals surface area contributed by atoms with E-state index in [1.807, 2.05) is 12.3 Å². The van der Waals surface area contributed by atoms with E-state index in [1.165, 1.54) is 0 Å². The quantitative estimate of drug-likeness (QED) is 0.264. The molecule has 4 heterocycles. The van der Waals surface area contributed by atoms with Crippen LogP contribution in [0.2, 0.25) is 0 Å². The zero-order chi connectivity index (χ0) is 29.5. The lowest BCUT2D eigenvalue weighted by molar-refractivity contribution is -0.137. The fourth-order valence-electron chi connectivity index (χ4n) is 5.96. The molecule has 42 heavy (non-hydrogen) atoms. The SMILES string of the molecule is CC[C@@H]1CN(Cc2cc([C@@H](CC(=O)O)c3cc(C#N)c4c(nnn4C)c3C)cc3ccsc23)Cc2nc(O)ccc2O1. The number of carbonyl (C=O) groups is 1. The van der Waals surface area contributed by atoms with Crippen LogP contribution in [0.1, 0.15) is 59.2 Å². The van der Waals surface area contributed by atoms with Gasteiger partial charge >= 0.3 is 5.97 Å². The lowest BCUT2D eigenvalue weighted by Crippen LogP contribution is -2.32. The van der Waals surface area contributed by atoms with Gasteiger partial charge in [0.25, 0.3) is 0 Å². The van der Waals surface area contributed by atoms with Crippen LogP contribution in [0, 0.1) is 18.3 Å². The summed E-state index contributed by atoms with van der Waals surface area (Å²) >= 11 is 1.65. The Bertz CT molecular complexity index is 1870. The second-order valence-electron chi connectivity index (χ2n) is 10.8. The summed E-state index contributed by atoms with van der Waals surface area (Å²) in [4.78, 5) is 18.8. The second kappa shape index (κ2) is 11.0. The summed E-state index contributed by atoms with van der Waals surface area (Å²) in [6.45, 7) is 5.77. The standard InChI is InChI=1S/C31H30N6O4S/c1-4-22-15-37(16-25-26(41-22)5-6-27(38)33-25)14-21-10-19(9-18-7-8-42-31(18)21)24(12-28(39)40)23-11-20(13-32)30-29(17(23)2)34-35-36(30)3/h5-11,22,24H,4,12,14-16H2,1-3H3,(H,33,38)(H,39,40)/t22-,24-/m1/s1. The third-order valence-electron chi connectivity index (χ3n) is 7.99. The zero-order valence-electron chi connectivity index (χ0n) is 23.5. The van der Waals surface area contributed by atoms with Gasteiger partial charge in [0.05, 0.1) is 12.0 Å². The first kappa shape index (κ1) is 27.6. The number of ether oxygens (including phenoxy) is 1. The van der Waals surface area contributed by atoms with Gasteiger partial charge in [0.2, 0.25) is 5.88 Å². The minimum atomic E-state index is -0.929. The van der Waals surface area contributed by atoms with Crippen molar-refractivity contribution in [2.75, 3.05) is 6.54 Å². The van der Waals surface area contributed by atoms with Crippen LogP contribution in [-0.4, -0.2) is 53.7 Å². The molecular weight excluding hydrogens is 552 g/mol. The lowest BCUT2D eigenvalue weighted by Gasteiger charge is -2.25. The molecular formula is C31H30N6O4S. The molecule has 1 aliphatic rings. The van der Waals surface area contributed by atoms with E-state index in [2.05, 4.69) is 51.4 Å². The molecule has 0 radical (unpaired) electrons. The molecule has 0 fully saturated rings. The van der Waals surface area contributed by atoms with Crippen molar-refractivity contribution >= 4 is 38.4 Å². The van der Waals surface area contributed by atoms with Gasteiger partial charge in [-0.2, -0.15) is 5.26 Å². The van der Waals surface area contributed by atoms with Crippen molar-refractivity contribution in [1.29, 1.82) is 5.26 Å². The largest absolute Gasteiger partial charge is 0.493 e. The van der Waals surface area contributed by atoms with Crippen molar-refractivity contribution in [3.63, 3.8) is 0 Å². The molecule has 0 bridgehead atoms. The highest BCUT2D eigenvalue weighted by Gasteiger charge is 2.27. The summed E-state index contributed by atoms with van der Waals surface area (Å²) in [6, 6.07) is 13.6. The Morgan fingerprint density at radius 2 is 2.12 bits per heavy atom. The number of aromatic nitrogens is 4. The average molecular weight is 583 g/mol. The maximum Gasteiger partial charge on any atom is 0.304 e. The number of rotatable bonds is 7. The van der Waals surface area contributed by atoms with Gasteiger partial charge in [0, 0.05) is 43.4 Å². The molecule has 0 spiro atoms. The van der Waals surface area contributed by atoms with Crippen LogP contribution in [-0.2, 0) is 24.9 Å². The number of hydrogen-bond donors (Lipinski definition) is 2. The highest BCUT2D eigenvalue weighted by Crippen LogP contribution is 2.39. The molecule has 2 atom stereocenters. The Balaban J connectivity index is 1.45. The number of thiophene rings is 1. The number of hydrogen-bond acceptors (Lipinski definition) is 9. The molecule has 0 aliphatic carbocycles. The molecule has 0 unspecified atom stereocenters. The van der Waals surface area contributed by atoms with E-state index in [9.17, 15) is 20.3 Å². The van der Waals surface area contributed by atoms with Crippen LogP contribution in [0.3, 0.4) is 0 Å². The first-order chi connectivity index (χ1) is 20.2. The summed E-state index contributed by atoms with van der Waals surface area (Å²) < 4.78 is 8.93. The van der Waals surface area contributed by atoms with E-state index >= 15 is 0 Å². The highest BCUT2D eigenvalue weighted by atomic mass is 32.1. The third kappa shape index (κ3) is 5.04. The lowest BCUT2D eigenvalue weighted by atomic mass is 9.83. The summed E-state index contributed by atoms with van der Waals surface area (Å²) in [5.41, 5.74) is 5.84. The zero-order valence-corrected chi connectivity index (χ0v) is 24.4. The predicted molar refractivity (Wildman–Crippen MR) is 159 cm³/mol. The maximum absolute atomic E-state index is 12.2. The smallest absolute Gasteiger partial charge is 0.304 e. The van der Waals surface area contributed by atoms with Crippen molar-refractivity contribution in [2.45, 2.75) is 51.8 Å². The molecule has 5 aromatic rings. The van der Waals surface area contributed by atoms with Crippen molar-refractivity contribution in [1.82, 2.24) is 24.9 Å². The number of aromatic hydroxyl groups is 1. The topological polar surface area (TPSA) is 137 Å². The van der Waals surface area contributed by atoms with Gasteiger partial charge in [-0.05, 0) is 70.6 Å². The molecule has 0 saturated heterocycles. The van der Waals surface area contributed by atoms with E-state index < -0.39 is 11.9 Å². The number of nitrogens with zero attached hydrogens (tertiary/aromatic N) is 6. The van der Waals surface area contributed by atoms with E-state index in [1.54, 1.807) is 41.3 Å². The summed E-state index contributed by atoms with van der Waals surface area (Å²) in [6.07, 6.45) is 0.640. The van der Waals surface area contributed by atoms with Crippen molar-refractivity contribution in [3.05, 3.63) is 75.3 Å². The monoisotopic (exact) mass is 582 g/mol. The fraction of sp³-hybridized carbons (Fsp3) is 0.323. The molecule has 0 amide bonds. The fourth-order valence-corrected chi connectivity index (χ4v) is 6.85. The number of fused-ring (bicyclic) bond motifs is 3. The molecule has 2 aromatic carbocycles. The van der Waals surface area contributed by atoms with Gasteiger partial charge in [-0.15, -0.1) is 16.4 Å². The van der Waals surface area contributed by atoms with E-state index in [-0.39, 0.29) is 18.4 Å². The van der Waals surface area contributed by atoms with Crippen molar-refractivity contribution in [2.24, 2.45) is 7.05 Å². The van der Waals surface area contributed by atoms with E-state index in [4.69, 9.17) is 4.74 Å². The average Bonchev–Trinajstić information content (AvgIpc) is 3.56. The number of carboxylic acid groups (broad SMARTS) is 1. The minimum Gasteiger partial charge on any atom is -0.493 e. The molecule has 10 nitrogen and oxygen atoms in total. The molecule has 1 aliphatic heterocycles. The number of aliphatic carboxylic acids is 1. The molecule has 2 N–H and O–H groups in total. The van der Waals surface area contributed by atoms with Crippen LogP contribution >= 0.6 is 11.3 Å². The Kier molecular flexibility index (Phi) is 7.26.